The van der Waals surface area contributed by atoms with Gasteiger partial charge in [0.15, 0.2) is 0 Å². The van der Waals surface area contributed by atoms with Gasteiger partial charge in [-0.2, -0.15) is 4.31 Å². The van der Waals surface area contributed by atoms with E-state index in [4.69, 9.17) is 0 Å². The van der Waals surface area contributed by atoms with Gasteiger partial charge >= 0.3 is 0 Å². The summed E-state index contributed by atoms with van der Waals surface area (Å²) in [6.07, 6.45) is 5.65. The summed E-state index contributed by atoms with van der Waals surface area (Å²) in [6.45, 7) is 6.76. The van der Waals surface area contributed by atoms with Crippen LogP contribution < -0.4 is 5.32 Å². The van der Waals surface area contributed by atoms with Gasteiger partial charge in [0, 0.05) is 19.6 Å². The molecule has 0 aliphatic carbocycles. The van der Waals surface area contributed by atoms with E-state index in [0.29, 0.717) is 24.5 Å². The largest absolute Gasteiger partial charge is 0.313 e. The molecule has 0 aromatic heterocycles. The van der Waals surface area contributed by atoms with Crippen LogP contribution in [-0.4, -0.2) is 32.4 Å². The summed E-state index contributed by atoms with van der Waals surface area (Å²) in [5.41, 5.74) is 2.28. The molecule has 0 fully saturated rings. The summed E-state index contributed by atoms with van der Waals surface area (Å²) in [7, 11) is -3.38. The fraction of sp³-hybridized carbons (Fsp3) is 0.500. The van der Waals surface area contributed by atoms with Crippen LogP contribution in [0, 0.1) is 0 Å². The van der Waals surface area contributed by atoms with Crippen LogP contribution in [0.1, 0.15) is 31.4 Å². The highest BCUT2D eigenvalue weighted by atomic mass is 32.2. The molecule has 1 aromatic carbocycles. The number of nitrogens with zero attached hydrogens (tertiary/aromatic N) is 1. The molecule has 5 heteroatoms. The van der Waals surface area contributed by atoms with Gasteiger partial charge in [0.2, 0.25) is 10.0 Å². The number of aryl methyl sites for hydroxylation is 1. The number of benzene rings is 1. The highest BCUT2D eigenvalue weighted by Gasteiger charge is 2.24. The third-order valence-corrected chi connectivity index (χ3v) is 5.64. The van der Waals surface area contributed by atoms with E-state index in [1.54, 1.807) is 10.4 Å². The van der Waals surface area contributed by atoms with E-state index in [2.05, 4.69) is 12.2 Å². The lowest BCUT2D eigenvalue weighted by Gasteiger charge is -2.23. The predicted molar refractivity (Wildman–Crippen MR) is 85.7 cm³/mol. The Bertz CT molecular complexity index is 609. The standard InChI is InChI=1S/C16H24N2O2S/c1-3-14-8-9-16(12-15(14)13-17-4-2)21(19,20)18-10-6-5-7-11-18/h5-6,8-9,12,17H,3-4,7,10-11,13H2,1-2H3. The summed E-state index contributed by atoms with van der Waals surface area (Å²) in [6, 6.07) is 5.51. The lowest BCUT2D eigenvalue weighted by atomic mass is 10.1. The molecule has 21 heavy (non-hydrogen) atoms. The van der Waals surface area contributed by atoms with Crippen LogP contribution in [0.25, 0.3) is 0 Å². The zero-order valence-electron chi connectivity index (χ0n) is 12.8. The molecule has 1 aliphatic heterocycles. The van der Waals surface area contributed by atoms with Crippen LogP contribution >= 0.6 is 0 Å². The predicted octanol–water partition coefficient (Wildman–Crippen LogP) is 2.31. The minimum Gasteiger partial charge on any atom is -0.313 e. The average Bonchev–Trinajstić information content (AvgIpc) is 2.53. The molecule has 0 saturated carbocycles. The Labute approximate surface area is 127 Å². The summed E-state index contributed by atoms with van der Waals surface area (Å²) >= 11 is 0. The monoisotopic (exact) mass is 308 g/mol. The van der Waals surface area contributed by atoms with Crippen LogP contribution in [0.15, 0.2) is 35.2 Å². The smallest absolute Gasteiger partial charge is 0.243 e. The van der Waals surface area contributed by atoms with Gasteiger partial charge in [-0.1, -0.05) is 32.1 Å². The van der Waals surface area contributed by atoms with Gasteiger partial charge in [-0.3, -0.25) is 0 Å². The Kier molecular flexibility index (Phi) is 5.56. The summed E-state index contributed by atoms with van der Waals surface area (Å²) < 4.78 is 26.9. The van der Waals surface area contributed by atoms with E-state index in [0.717, 1.165) is 24.9 Å². The van der Waals surface area contributed by atoms with Crippen molar-refractivity contribution in [2.75, 3.05) is 19.6 Å². The second-order valence-electron chi connectivity index (χ2n) is 5.19. The second-order valence-corrected chi connectivity index (χ2v) is 7.13. The van der Waals surface area contributed by atoms with Crippen molar-refractivity contribution in [3.63, 3.8) is 0 Å². The maximum atomic E-state index is 12.7. The van der Waals surface area contributed by atoms with Crippen molar-refractivity contribution in [2.45, 2.75) is 38.1 Å². The molecule has 0 spiro atoms. The maximum absolute atomic E-state index is 12.7. The molecule has 1 N–H and O–H groups in total. The van der Waals surface area contributed by atoms with Crippen molar-refractivity contribution in [3.8, 4) is 0 Å². The number of nitrogens with one attached hydrogen (secondary N) is 1. The van der Waals surface area contributed by atoms with Gasteiger partial charge < -0.3 is 5.32 Å². The first-order valence-electron chi connectivity index (χ1n) is 7.57. The molecule has 0 radical (unpaired) electrons. The van der Waals surface area contributed by atoms with E-state index in [1.807, 2.05) is 31.2 Å². The molecule has 1 heterocycles. The van der Waals surface area contributed by atoms with E-state index >= 15 is 0 Å². The lowest BCUT2D eigenvalue weighted by Crippen LogP contribution is -2.33. The van der Waals surface area contributed by atoms with Gasteiger partial charge in [-0.15, -0.1) is 0 Å². The van der Waals surface area contributed by atoms with E-state index in [9.17, 15) is 8.42 Å². The number of hydrogen-bond acceptors (Lipinski definition) is 3. The molecule has 0 unspecified atom stereocenters. The van der Waals surface area contributed by atoms with Crippen LogP contribution in [0.5, 0.6) is 0 Å². The van der Waals surface area contributed by atoms with Crippen molar-refractivity contribution < 1.29 is 8.42 Å². The lowest BCUT2D eigenvalue weighted by molar-refractivity contribution is 0.437. The van der Waals surface area contributed by atoms with Crippen molar-refractivity contribution in [1.29, 1.82) is 0 Å². The quantitative estimate of drug-likeness (QED) is 0.821. The topological polar surface area (TPSA) is 49.4 Å². The molecular formula is C16H24N2O2S. The van der Waals surface area contributed by atoms with Crippen molar-refractivity contribution in [2.24, 2.45) is 0 Å². The Hall–Kier alpha value is -1.17. The van der Waals surface area contributed by atoms with Gasteiger partial charge in [-0.25, -0.2) is 8.42 Å². The SMILES string of the molecule is CCNCc1cc(S(=O)(=O)N2CC=CCC2)ccc1CC. The number of rotatable bonds is 6. The molecule has 0 atom stereocenters. The second kappa shape index (κ2) is 7.20. The first kappa shape index (κ1) is 16.2. The Morgan fingerprint density at radius 2 is 2.00 bits per heavy atom. The molecular weight excluding hydrogens is 284 g/mol. The van der Waals surface area contributed by atoms with Crippen LogP contribution in [-0.2, 0) is 23.0 Å². The molecule has 4 nitrogen and oxygen atoms in total. The number of sulfonamides is 1. The van der Waals surface area contributed by atoms with Gasteiger partial charge in [0.05, 0.1) is 4.90 Å². The highest BCUT2D eigenvalue weighted by Crippen LogP contribution is 2.21. The van der Waals surface area contributed by atoms with E-state index < -0.39 is 10.0 Å². The zero-order chi connectivity index (χ0) is 15.3. The maximum Gasteiger partial charge on any atom is 0.243 e. The fourth-order valence-corrected chi connectivity index (χ4v) is 3.98. The third-order valence-electron chi connectivity index (χ3n) is 3.78. The Balaban J connectivity index is 2.32. The van der Waals surface area contributed by atoms with Crippen LogP contribution in [0.4, 0.5) is 0 Å². The van der Waals surface area contributed by atoms with Crippen LogP contribution in [0.2, 0.25) is 0 Å². The van der Waals surface area contributed by atoms with Crippen molar-refractivity contribution in [1.82, 2.24) is 9.62 Å². The summed E-state index contributed by atoms with van der Waals surface area (Å²) in [4.78, 5) is 0.405. The fourth-order valence-electron chi connectivity index (χ4n) is 2.52. The third kappa shape index (κ3) is 3.73. The average molecular weight is 308 g/mol. The van der Waals surface area contributed by atoms with Crippen LogP contribution in [0.3, 0.4) is 0 Å². The molecule has 0 amide bonds. The minimum absolute atomic E-state index is 0.405. The Morgan fingerprint density at radius 3 is 2.62 bits per heavy atom. The van der Waals surface area contributed by atoms with E-state index in [1.165, 1.54) is 5.56 Å². The normalized spacial score (nSPS) is 16.3. The van der Waals surface area contributed by atoms with Gasteiger partial charge in [0.25, 0.3) is 0 Å². The molecule has 116 valence electrons. The summed E-state index contributed by atoms with van der Waals surface area (Å²) in [5.74, 6) is 0. The van der Waals surface area contributed by atoms with Crippen molar-refractivity contribution in [3.05, 3.63) is 41.5 Å². The first-order chi connectivity index (χ1) is 10.1. The number of hydrogen-bond donors (Lipinski definition) is 1. The minimum atomic E-state index is -3.38. The highest BCUT2D eigenvalue weighted by molar-refractivity contribution is 7.89. The molecule has 1 aliphatic rings. The van der Waals surface area contributed by atoms with E-state index in [-0.39, 0.29) is 0 Å². The summed E-state index contributed by atoms with van der Waals surface area (Å²) in [5, 5.41) is 3.28. The molecule has 1 aromatic rings. The molecule has 2 rings (SSSR count). The van der Waals surface area contributed by atoms with Gasteiger partial charge in [0.1, 0.15) is 0 Å². The van der Waals surface area contributed by atoms with Gasteiger partial charge in [-0.05, 0) is 42.6 Å². The zero-order valence-corrected chi connectivity index (χ0v) is 13.6. The Morgan fingerprint density at radius 1 is 1.19 bits per heavy atom. The van der Waals surface area contributed by atoms with Crippen molar-refractivity contribution >= 4 is 10.0 Å². The molecule has 0 saturated heterocycles. The first-order valence-corrected chi connectivity index (χ1v) is 9.01. The molecule has 0 bridgehead atoms.